The number of benzene rings is 6. The molecule has 0 aliphatic carbocycles. The standard InChI is InChI=1S/C34H26N4O8S2/c1-19-15-25(31(47(41,42)43)17-27(19)35-37-33-23-9-5-3-7-21(23)11-13-29(33)39)26-16-20(2)28(18-32(26)48(44,45)46)36-38-34-24-10-6-4-8-22(24)12-14-30(34)40/h3-18,39-40H,1-2H3,(H,41,42,43)(H,44,45,46)/p-2. The Morgan fingerprint density at radius 2 is 0.896 bits per heavy atom. The summed E-state index contributed by atoms with van der Waals surface area (Å²) in [5, 5.41) is 40.0. The minimum absolute atomic E-state index is 0.0518. The van der Waals surface area contributed by atoms with Crippen molar-refractivity contribution in [3.8, 4) is 22.6 Å². The van der Waals surface area contributed by atoms with Crippen LogP contribution in [-0.4, -0.2) is 36.2 Å². The van der Waals surface area contributed by atoms with Crippen molar-refractivity contribution in [3.63, 3.8) is 0 Å². The average Bonchev–Trinajstić information content (AvgIpc) is 3.03. The van der Waals surface area contributed by atoms with Crippen molar-refractivity contribution in [3.05, 3.63) is 108 Å². The third-order valence-electron chi connectivity index (χ3n) is 7.70. The van der Waals surface area contributed by atoms with Crippen molar-refractivity contribution in [1.82, 2.24) is 0 Å². The highest BCUT2D eigenvalue weighted by Gasteiger charge is 2.21. The van der Waals surface area contributed by atoms with Crippen molar-refractivity contribution in [2.45, 2.75) is 23.6 Å². The minimum atomic E-state index is -5.27. The van der Waals surface area contributed by atoms with E-state index in [1.54, 1.807) is 60.7 Å². The van der Waals surface area contributed by atoms with Crippen molar-refractivity contribution < 1.29 is 36.2 Å². The summed E-state index contributed by atoms with van der Waals surface area (Å²) in [4.78, 5) is -1.69. The van der Waals surface area contributed by atoms with Gasteiger partial charge in [0.05, 0.1) is 21.2 Å². The molecular formula is C34H24N4O8S2-2. The molecule has 0 saturated heterocycles. The number of azo groups is 2. The number of rotatable bonds is 7. The van der Waals surface area contributed by atoms with E-state index in [0.717, 1.165) is 22.9 Å². The predicted octanol–water partition coefficient (Wildman–Crippen LogP) is 8.33. The first-order valence-electron chi connectivity index (χ1n) is 14.2. The van der Waals surface area contributed by atoms with Crippen LogP contribution in [0.4, 0.5) is 22.7 Å². The number of fused-ring (bicyclic) bond motifs is 2. The molecule has 0 heterocycles. The molecule has 0 fully saturated rings. The van der Waals surface area contributed by atoms with Crippen molar-refractivity contribution in [2.24, 2.45) is 20.5 Å². The predicted molar refractivity (Wildman–Crippen MR) is 177 cm³/mol. The van der Waals surface area contributed by atoms with Crippen molar-refractivity contribution in [2.75, 3.05) is 0 Å². The van der Waals surface area contributed by atoms with Gasteiger partial charge in [0.25, 0.3) is 0 Å². The monoisotopic (exact) mass is 680 g/mol. The lowest BCUT2D eigenvalue weighted by Crippen LogP contribution is -2.06. The largest absolute Gasteiger partial charge is 0.744 e. The van der Waals surface area contributed by atoms with E-state index in [0.29, 0.717) is 10.8 Å². The smallest absolute Gasteiger partial charge is 0.143 e. The van der Waals surface area contributed by atoms with Gasteiger partial charge < -0.3 is 19.3 Å². The Kier molecular flexibility index (Phi) is 8.26. The SMILES string of the molecule is Cc1cc(-c2cc(C)c(N=Nc3c(O)ccc4ccccc34)cc2S(=O)(=O)[O-])c(S(=O)(=O)[O-])cc1N=Nc1c(O)ccc2ccccc12. The molecule has 6 rings (SSSR count). The zero-order valence-electron chi connectivity index (χ0n) is 25.2. The molecule has 0 aliphatic heterocycles. The second-order valence-corrected chi connectivity index (χ2v) is 13.6. The fourth-order valence-corrected chi connectivity index (χ4v) is 6.70. The first-order chi connectivity index (χ1) is 22.7. The van der Waals surface area contributed by atoms with Crippen LogP contribution in [0.25, 0.3) is 32.7 Å². The fourth-order valence-electron chi connectivity index (χ4n) is 5.31. The fraction of sp³-hybridized carbons (Fsp3) is 0.0588. The number of nitrogens with zero attached hydrogens (tertiary/aromatic N) is 4. The van der Waals surface area contributed by atoms with Crippen LogP contribution in [0.15, 0.2) is 127 Å². The summed E-state index contributed by atoms with van der Waals surface area (Å²) in [5.41, 5.74) is -0.0106. The molecule has 2 N–H and O–H groups in total. The van der Waals surface area contributed by atoms with Crippen molar-refractivity contribution in [1.29, 1.82) is 0 Å². The Bertz CT molecular complexity index is 2390. The topological polar surface area (TPSA) is 204 Å². The summed E-state index contributed by atoms with van der Waals surface area (Å²) in [6.45, 7) is 3.05. The average molecular weight is 681 g/mol. The maximum Gasteiger partial charge on any atom is 0.143 e. The summed E-state index contributed by atoms with van der Waals surface area (Å²) in [7, 11) is -10.5. The van der Waals surface area contributed by atoms with E-state index in [-0.39, 0.29) is 56.5 Å². The summed E-state index contributed by atoms with van der Waals surface area (Å²) < 4.78 is 75.3. The molecule has 0 atom stereocenters. The van der Waals surface area contributed by atoms with Gasteiger partial charge in [-0.3, -0.25) is 0 Å². The molecule has 0 saturated carbocycles. The number of phenols is 2. The molecule has 0 spiro atoms. The lowest BCUT2D eigenvalue weighted by molar-refractivity contribution is 0.460. The van der Waals surface area contributed by atoms with E-state index in [9.17, 15) is 36.2 Å². The van der Waals surface area contributed by atoms with E-state index < -0.39 is 30.0 Å². The van der Waals surface area contributed by atoms with Crippen molar-refractivity contribution >= 4 is 64.5 Å². The van der Waals surface area contributed by atoms with Crippen LogP contribution in [0.1, 0.15) is 11.1 Å². The molecule has 14 heteroatoms. The lowest BCUT2D eigenvalue weighted by atomic mass is 9.99. The molecule has 6 aromatic carbocycles. The zero-order valence-corrected chi connectivity index (χ0v) is 26.8. The van der Waals surface area contributed by atoms with Gasteiger partial charge in [-0.1, -0.05) is 60.7 Å². The molecule has 0 aliphatic rings. The second-order valence-electron chi connectivity index (χ2n) is 10.9. The Morgan fingerprint density at radius 3 is 1.27 bits per heavy atom. The normalized spacial score (nSPS) is 12.5. The number of aryl methyl sites for hydroxylation is 2. The Hall–Kier alpha value is -5.54. The first kappa shape index (κ1) is 32.4. The molecule has 242 valence electrons. The molecule has 12 nitrogen and oxygen atoms in total. The van der Waals surface area contributed by atoms with Gasteiger partial charge in [-0.25, -0.2) is 16.8 Å². The van der Waals surface area contributed by atoms with Crippen LogP contribution in [0, 0.1) is 13.8 Å². The summed E-state index contributed by atoms with van der Waals surface area (Å²) in [6, 6.07) is 24.7. The molecular weight excluding hydrogens is 657 g/mol. The van der Waals surface area contributed by atoms with Crippen LogP contribution in [0.2, 0.25) is 0 Å². The summed E-state index contributed by atoms with van der Waals surface area (Å²) in [5.74, 6) is -0.367. The van der Waals surface area contributed by atoms with E-state index in [2.05, 4.69) is 20.5 Å². The second kappa shape index (κ2) is 12.2. The van der Waals surface area contributed by atoms with Gasteiger partial charge >= 0.3 is 0 Å². The molecule has 0 aromatic heterocycles. The molecule has 48 heavy (non-hydrogen) atoms. The number of phenolic OH excluding ortho intramolecular Hbond substituents is 2. The van der Waals surface area contributed by atoms with Crippen LogP contribution in [-0.2, 0) is 20.2 Å². The van der Waals surface area contributed by atoms with Gasteiger partial charge in [-0.05, 0) is 72.1 Å². The number of aromatic hydroxyl groups is 2. The Balaban J connectivity index is 1.49. The minimum Gasteiger partial charge on any atom is -0.744 e. The molecule has 6 aromatic rings. The van der Waals surface area contributed by atoms with Gasteiger partial charge in [-0.2, -0.15) is 10.2 Å². The number of hydrogen-bond donors (Lipinski definition) is 2. The van der Waals surface area contributed by atoms with Crippen LogP contribution in [0.3, 0.4) is 0 Å². The van der Waals surface area contributed by atoms with E-state index >= 15 is 0 Å². The van der Waals surface area contributed by atoms with E-state index in [1.165, 1.54) is 38.1 Å². The first-order valence-corrected chi connectivity index (χ1v) is 17.0. The van der Waals surface area contributed by atoms with Gasteiger partial charge in [0.15, 0.2) is 0 Å². The molecule has 0 bridgehead atoms. The van der Waals surface area contributed by atoms with Gasteiger partial charge in [0.2, 0.25) is 0 Å². The Labute approximate surface area is 274 Å². The highest BCUT2D eigenvalue weighted by atomic mass is 32.2. The molecule has 0 amide bonds. The summed E-state index contributed by atoms with van der Waals surface area (Å²) >= 11 is 0. The van der Waals surface area contributed by atoms with Crippen LogP contribution in [0.5, 0.6) is 11.5 Å². The third-order valence-corrected chi connectivity index (χ3v) is 9.45. The quantitative estimate of drug-likeness (QED) is 0.123. The highest BCUT2D eigenvalue weighted by Crippen LogP contribution is 2.42. The van der Waals surface area contributed by atoms with Gasteiger partial charge in [0, 0.05) is 21.9 Å². The lowest BCUT2D eigenvalue weighted by Gasteiger charge is -2.20. The van der Waals surface area contributed by atoms with E-state index in [4.69, 9.17) is 0 Å². The van der Waals surface area contributed by atoms with Gasteiger partial charge in [-0.15, -0.1) is 10.2 Å². The van der Waals surface area contributed by atoms with Gasteiger partial charge in [0.1, 0.15) is 43.1 Å². The highest BCUT2D eigenvalue weighted by molar-refractivity contribution is 7.86. The Morgan fingerprint density at radius 1 is 0.521 bits per heavy atom. The summed E-state index contributed by atoms with van der Waals surface area (Å²) in [6.07, 6.45) is 0. The maximum atomic E-state index is 12.6. The number of hydrogen-bond acceptors (Lipinski definition) is 12. The molecule has 0 unspecified atom stereocenters. The third kappa shape index (κ3) is 6.24. The molecule has 0 radical (unpaired) electrons. The maximum absolute atomic E-state index is 12.6. The van der Waals surface area contributed by atoms with Crippen LogP contribution >= 0.6 is 0 Å². The zero-order chi connectivity index (χ0) is 34.4. The van der Waals surface area contributed by atoms with E-state index in [1.807, 2.05) is 0 Å². The van der Waals surface area contributed by atoms with Crippen LogP contribution < -0.4 is 0 Å².